The molecule has 2 heterocycles. The van der Waals surface area contributed by atoms with Crippen LogP contribution >= 0.6 is 0 Å². The van der Waals surface area contributed by atoms with E-state index in [4.69, 9.17) is 4.74 Å². The van der Waals surface area contributed by atoms with Gasteiger partial charge in [-0.05, 0) is 0 Å². The highest BCUT2D eigenvalue weighted by Gasteiger charge is 2.15. The van der Waals surface area contributed by atoms with Crippen LogP contribution in [0, 0.1) is 0 Å². The van der Waals surface area contributed by atoms with Gasteiger partial charge in [0.25, 0.3) is 0 Å². The Bertz CT molecular complexity index is 233. The lowest BCUT2D eigenvalue weighted by Crippen LogP contribution is -2.35. The summed E-state index contributed by atoms with van der Waals surface area (Å²) < 4.78 is 5.31. The number of rotatable bonds is 1. The van der Waals surface area contributed by atoms with Crippen molar-refractivity contribution < 1.29 is 4.74 Å². The van der Waals surface area contributed by atoms with Gasteiger partial charge < -0.3 is 10.1 Å². The highest BCUT2D eigenvalue weighted by molar-refractivity contribution is 5.02. The predicted octanol–water partition coefficient (Wildman–Crippen LogP) is 0.138. The summed E-state index contributed by atoms with van der Waals surface area (Å²) in [5.74, 6) is 0. The first kappa shape index (κ1) is 7.64. The lowest BCUT2D eigenvalue weighted by molar-refractivity contribution is 0.0755. The molecule has 1 aromatic heterocycles. The summed E-state index contributed by atoms with van der Waals surface area (Å²) in [7, 11) is 0. The third-order valence-corrected chi connectivity index (χ3v) is 1.86. The molecule has 0 aromatic carbocycles. The lowest BCUT2D eigenvalue weighted by Gasteiger charge is -2.22. The van der Waals surface area contributed by atoms with Crippen LogP contribution in [0.2, 0.25) is 0 Å². The molecule has 0 unspecified atom stereocenters. The van der Waals surface area contributed by atoms with Gasteiger partial charge in [0.2, 0.25) is 0 Å². The van der Waals surface area contributed by atoms with Crippen molar-refractivity contribution in [3.8, 4) is 0 Å². The Morgan fingerprint density at radius 1 is 1.50 bits per heavy atom. The summed E-state index contributed by atoms with van der Waals surface area (Å²) in [5, 5.41) is 3.31. The third-order valence-electron chi connectivity index (χ3n) is 1.86. The molecule has 1 aromatic rings. The highest BCUT2D eigenvalue weighted by Crippen LogP contribution is 2.10. The van der Waals surface area contributed by atoms with E-state index in [1.807, 2.05) is 0 Å². The van der Waals surface area contributed by atoms with Crippen molar-refractivity contribution in [3.63, 3.8) is 0 Å². The summed E-state index contributed by atoms with van der Waals surface area (Å²) in [5.41, 5.74) is 0.956. The number of ether oxygens (including phenoxy) is 1. The van der Waals surface area contributed by atoms with Crippen LogP contribution < -0.4 is 5.32 Å². The van der Waals surface area contributed by atoms with Crippen LogP contribution in [0.3, 0.4) is 0 Å². The zero-order valence-corrected chi connectivity index (χ0v) is 6.73. The van der Waals surface area contributed by atoms with Gasteiger partial charge in [-0.3, -0.25) is 9.97 Å². The van der Waals surface area contributed by atoms with E-state index in [1.165, 1.54) is 0 Å². The molecule has 1 saturated heterocycles. The molecule has 1 fully saturated rings. The van der Waals surface area contributed by atoms with Crippen molar-refractivity contribution in [1.82, 2.24) is 15.3 Å². The molecular formula is C8H11N3O. The summed E-state index contributed by atoms with van der Waals surface area (Å²) >= 11 is 0. The fourth-order valence-electron chi connectivity index (χ4n) is 1.25. The molecule has 2 rings (SSSR count). The molecule has 0 radical (unpaired) electrons. The predicted molar refractivity (Wildman–Crippen MR) is 43.6 cm³/mol. The second-order valence-electron chi connectivity index (χ2n) is 2.71. The third kappa shape index (κ3) is 1.60. The first-order chi connectivity index (χ1) is 5.97. The second kappa shape index (κ2) is 3.60. The van der Waals surface area contributed by atoms with Crippen molar-refractivity contribution in [2.45, 2.75) is 6.04 Å². The van der Waals surface area contributed by atoms with Crippen molar-refractivity contribution >= 4 is 0 Å². The monoisotopic (exact) mass is 165 g/mol. The number of nitrogens with zero attached hydrogens (tertiary/aromatic N) is 2. The normalized spacial score (nSPS) is 23.8. The molecule has 12 heavy (non-hydrogen) atoms. The van der Waals surface area contributed by atoms with Gasteiger partial charge in [0.15, 0.2) is 0 Å². The Morgan fingerprint density at radius 3 is 3.17 bits per heavy atom. The minimum Gasteiger partial charge on any atom is -0.378 e. The average molecular weight is 165 g/mol. The van der Waals surface area contributed by atoms with E-state index < -0.39 is 0 Å². The van der Waals surface area contributed by atoms with Crippen LogP contribution in [-0.4, -0.2) is 29.7 Å². The molecule has 1 aliphatic rings. The summed E-state index contributed by atoms with van der Waals surface area (Å²) in [6.45, 7) is 2.37. The Labute approximate surface area is 71.0 Å². The molecule has 0 amide bonds. The molecule has 4 nitrogen and oxygen atoms in total. The number of hydrogen-bond donors (Lipinski definition) is 1. The van der Waals surface area contributed by atoms with Crippen molar-refractivity contribution in [2.24, 2.45) is 0 Å². The van der Waals surface area contributed by atoms with Crippen LogP contribution in [0.4, 0.5) is 0 Å². The van der Waals surface area contributed by atoms with Crippen molar-refractivity contribution in [1.29, 1.82) is 0 Å². The first-order valence-electron chi connectivity index (χ1n) is 4.04. The maximum atomic E-state index is 5.31. The molecule has 0 aliphatic carbocycles. The molecule has 0 spiro atoms. The van der Waals surface area contributed by atoms with Gasteiger partial charge in [0, 0.05) is 18.9 Å². The van der Waals surface area contributed by atoms with Gasteiger partial charge in [-0.15, -0.1) is 0 Å². The molecule has 0 bridgehead atoms. The van der Waals surface area contributed by atoms with Crippen LogP contribution in [-0.2, 0) is 4.74 Å². The minimum absolute atomic E-state index is 0.215. The molecular weight excluding hydrogens is 154 g/mol. The van der Waals surface area contributed by atoms with Crippen LogP contribution in [0.5, 0.6) is 0 Å². The first-order valence-corrected chi connectivity index (χ1v) is 4.04. The lowest BCUT2D eigenvalue weighted by atomic mass is 10.2. The molecule has 4 heteroatoms. The number of nitrogens with one attached hydrogen (secondary N) is 1. The summed E-state index contributed by atoms with van der Waals surface area (Å²) in [6.07, 6.45) is 5.14. The molecule has 1 aliphatic heterocycles. The SMILES string of the molecule is c1cnc([C@H]2COCCN2)cn1. The van der Waals surface area contributed by atoms with E-state index in [-0.39, 0.29) is 6.04 Å². The summed E-state index contributed by atoms with van der Waals surface area (Å²) in [4.78, 5) is 8.20. The number of hydrogen-bond acceptors (Lipinski definition) is 4. The highest BCUT2D eigenvalue weighted by atomic mass is 16.5. The van der Waals surface area contributed by atoms with E-state index in [9.17, 15) is 0 Å². The van der Waals surface area contributed by atoms with Gasteiger partial charge in [-0.1, -0.05) is 0 Å². The minimum atomic E-state index is 0.215. The zero-order valence-electron chi connectivity index (χ0n) is 6.73. The van der Waals surface area contributed by atoms with Crippen molar-refractivity contribution in [2.75, 3.05) is 19.8 Å². The van der Waals surface area contributed by atoms with Gasteiger partial charge in [0.05, 0.1) is 31.1 Å². The van der Waals surface area contributed by atoms with E-state index in [2.05, 4.69) is 15.3 Å². The molecule has 1 N–H and O–H groups in total. The van der Waals surface area contributed by atoms with Crippen LogP contribution in [0.15, 0.2) is 18.6 Å². The Morgan fingerprint density at radius 2 is 2.50 bits per heavy atom. The number of morpholine rings is 1. The van der Waals surface area contributed by atoms with E-state index in [0.717, 1.165) is 18.8 Å². The summed E-state index contributed by atoms with van der Waals surface area (Å²) in [6, 6.07) is 0.215. The molecule has 0 saturated carbocycles. The average Bonchev–Trinajstić information content (AvgIpc) is 2.21. The maximum Gasteiger partial charge on any atom is 0.0779 e. The van der Waals surface area contributed by atoms with Gasteiger partial charge in [0.1, 0.15) is 0 Å². The molecule has 1 atom stereocenters. The fourth-order valence-corrected chi connectivity index (χ4v) is 1.25. The van der Waals surface area contributed by atoms with Gasteiger partial charge in [-0.25, -0.2) is 0 Å². The van der Waals surface area contributed by atoms with Crippen LogP contribution in [0.1, 0.15) is 11.7 Å². The quantitative estimate of drug-likeness (QED) is 0.643. The molecule has 64 valence electrons. The zero-order chi connectivity index (χ0) is 8.23. The Hall–Kier alpha value is -1.00. The Kier molecular flexibility index (Phi) is 2.29. The maximum absolute atomic E-state index is 5.31. The topological polar surface area (TPSA) is 47.0 Å². The van der Waals surface area contributed by atoms with Crippen molar-refractivity contribution in [3.05, 3.63) is 24.3 Å². The Balaban J connectivity index is 2.08. The standard InChI is InChI=1S/C8H11N3O/c1-2-10-7(5-9-1)8-6-12-4-3-11-8/h1-2,5,8,11H,3-4,6H2/t8-/m1/s1. The second-order valence-corrected chi connectivity index (χ2v) is 2.71. The van der Waals surface area contributed by atoms with Gasteiger partial charge >= 0.3 is 0 Å². The van der Waals surface area contributed by atoms with E-state index in [1.54, 1.807) is 18.6 Å². The largest absolute Gasteiger partial charge is 0.378 e. The van der Waals surface area contributed by atoms with Crippen LogP contribution in [0.25, 0.3) is 0 Å². The van der Waals surface area contributed by atoms with Gasteiger partial charge in [-0.2, -0.15) is 0 Å². The smallest absolute Gasteiger partial charge is 0.0779 e. The van der Waals surface area contributed by atoms with E-state index >= 15 is 0 Å². The fraction of sp³-hybridized carbons (Fsp3) is 0.500. The van der Waals surface area contributed by atoms with E-state index in [0.29, 0.717) is 6.61 Å². The number of aromatic nitrogens is 2.